The summed E-state index contributed by atoms with van der Waals surface area (Å²) >= 11 is 0. The van der Waals surface area contributed by atoms with Crippen molar-refractivity contribution >= 4 is 11.8 Å². The first-order valence-corrected chi connectivity index (χ1v) is 6.47. The molecule has 0 spiro atoms. The van der Waals surface area contributed by atoms with Crippen molar-refractivity contribution in [2.24, 2.45) is 5.73 Å². The van der Waals surface area contributed by atoms with Crippen molar-refractivity contribution in [1.29, 1.82) is 0 Å². The Kier molecular flexibility index (Phi) is 6.67. The van der Waals surface area contributed by atoms with Crippen LogP contribution in [0.2, 0.25) is 0 Å². The van der Waals surface area contributed by atoms with Gasteiger partial charge in [0.15, 0.2) is 0 Å². The molecule has 1 aliphatic rings. The second-order valence-electron chi connectivity index (χ2n) is 4.44. The number of carbonyl (C=O) groups excluding carboxylic acids is 2. The molecule has 3 N–H and O–H groups in total. The Morgan fingerprint density at radius 3 is 2.56 bits per heavy atom. The molecule has 18 heavy (non-hydrogen) atoms. The van der Waals surface area contributed by atoms with Gasteiger partial charge in [-0.3, -0.25) is 9.59 Å². The Labute approximate surface area is 108 Å². The second-order valence-corrected chi connectivity index (χ2v) is 4.44. The Balaban J connectivity index is 2.20. The highest BCUT2D eigenvalue weighted by Crippen LogP contribution is 2.09. The molecule has 0 aromatic rings. The number of rotatable bonds is 6. The van der Waals surface area contributed by atoms with Gasteiger partial charge < -0.3 is 20.7 Å². The average molecular weight is 257 g/mol. The summed E-state index contributed by atoms with van der Waals surface area (Å²) in [6.07, 6.45) is 3.07. The molecule has 1 heterocycles. The number of nitrogens with zero attached hydrogens (tertiary/aromatic N) is 1. The zero-order valence-corrected chi connectivity index (χ0v) is 11.0. The molecule has 0 aromatic heterocycles. The molecule has 0 radical (unpaired) electrons. The zero-order valence-electron chi connectivity index (χ0n) is 11.0. The number of nitrogens with two attached hydrogens (primary N) is 1. The van der Waals surface area contributed by atoms with Gasteiger partial charge in [-0.05, 0) is 19.3 Å². The molecule has 2 amide bonds. The molecule has 0 aliphatic carbocycles. The minimum absolute atomic E-state index is 0.108. The topological polar surface area (TPSA) is 84.7 Å². The van der Waals surface area contributed by atoms with E-state index in [-0.39, 0.29) is 18.4 Å². The van der Waals surface area contributed by atoms with Crippen LogP contribution in [-0.2, 0) is 14.3 Å². The van der Waals surface area contributed by atoms with Crippen LogP contribution in [0.1, 0.15) is 25.7 Å². The molecule has 1 fully saturated rings. The number of amides is 2. The molecule has 1 rings (SSSR count). The van der Waals surface area contributed by atoms with E-state index in [4.69, 9.17) is 10.5 Å². The molecular formula is C12H23N3O3. The van der Waals surface area contributed by atoms with Gasteiger partial charge in [-0.15, -0.1) is 0 Å². The van der Waals surface area contributed by atoms with Crippen LogP contribution in [0, 0.1) is 0 Å². The van der Waals surface area contributed by atoms with Crippen molar-refractivity contribution in [3.05, 3.63) is 0 Å². The fourth-order valence-electron chi connectivity index (χ4n) is 2.02. The van der Waals surface area contributed by atoms with Crippen LogP contribution < -0.4 is 11.1 Å². The van der Waals surface area contributed by atoms with Crippen LogP contribution >= 0.6 is 0 Å². The largest absolute Gasteiger partial charge is 0.370 e. The van der Waals surface area contributed by atoms with Gasteiger partial charge in [-0.1, -0.05) is 0 Å². The Morgan fingerprint density at radius 2 is 2.00 bits per heavy atom. The van der Waals surface area contributed by atoms with E-state index in [1.165, 1.54) is 13.5 Å². The summed E-state index contributed by atoms with van der Waals surface area (Å²) in [7, 11) is 1.44. The first-order chi connectivity index (χ1) is 8.69. The summed E-state index contributed by atoms with van der Waals surface area (Å²) in [5, 5.41) is 2.66. The molecule has 104 valence electrons. The van der Waals surface area contributed by atoms with E-state index >= 15 is 0 Å². The Bertz CT molecular complexity index is 274. The van der Waals surface area contributed by atoms with Crippen LogP contribution in [0.3, 0.4) is 0 Å². The van der Waals surface area contributed by atoms with Crippen LogP contribution in [-0.4, -0.2) is 56.1 Å². The van der Waals surface area contributed by atoms with E-state index in [2.05, 4.69) is 5.32 Å². The highest BCUT2D eigenvalue weighted by molar-refractivity contribution is 5.82. The lowest BCUT2D eigenvalue weighted by Crippen LogP contribution is -2.42. The smallest absolute Gasteiger partial charge is 0.250 e. The van der Waals surface area contributed by atoms with Gasteiger partial charge in [0, 0.05) is 39.7 Å². The lowest BCUT2D eigenvalue weighted by Gasteiger charge is -2.26. The van der Waals surface area contributed by atoms with Crippen molar-refractivity contribution in [2.75, 3.05) is 33.3 Å². The zero-order chi connectivity index (χ0) is 13.4. The second kappa shape index (κ2) is 8.05. The third-order valence-corrected chi connectivity index (χ3v) is 3.14. The lowest BCUT2D eigenvalue weighted by molar-refractivity contribution is -0.133. The predicted molar refractivity (Wildman–Crippen MR) is 67.9 cm³/mol. The van der Waals surface area contributed by atoms with Gasteiger partial charge in [-0.2, -0.15) is 0 Å². The normalized spacial score (nSPS) is 17.3. The summed E-state index contributed by atoms with van der Waals surface area (Å²) in [5.41, 5.74) is 5.37. The van der Waals surface area contributed by atoms with E-state index in [0.717, 1.165) is 25.9 Å². The van der Waals surface area contributed by atoms with Crippen molar-refractivity contribution in [1.82, 2.24) is 10.2 Å². The van der Waals surface area contributed by atoms with Gasteiger partial charge in [0.05, 0.1) is 0 Å². The van der Waals surface area contributed by atoms with Gasteiger partial charge in [0.25, 0.3) is 0 Å². The molecule has 1 unspecified atom stereocenters. The van der Waals surface area contributed by atoms with E-state index in [1.807, 2.05) is 4.90 Å². The molecular weight excluding hydrogens is 234 g/mol. The summed E-state index contributed by atoms with van der Waals surface area (Å²) < 4.78 is 4.90. The Morgan fingerprint density at radius 1 is 1.33 bits per heavy atom. The maximum atomic E-state index is 11.8. The maximum Gasteiger partial charge on any atom is 0.250 e. The van der Waals surface area contributed by atoms with E-state index in [9.17, 15) is 9.59 Å². The van der Waals surface area contributed by atoms with Gasteiger partial charge in [0.1, 0.15) is 6.10 Å². The predicted octanol–water partition coefficient (Wildman–Crippen LogP) is -0.521. The fourth-order valence-corrected chi connectivity index (χ4v) is 2.02. The maximum absolute atomic E-state index is 11.8. The molecule has 1 saturated heterocycles. The van der Waals surface area contributed by atoms with E-state index in [1.54, 1.807) is 0 Å². The first kappa shape index (κ1) is 14.9. The highest BCUT2D eigenvalue weighted by atomic mass is 16.5. The lowest BCUT2D eigenvalue weighted by atomic mass is 10.1. The van der Waals surface area contributed by atoms with E-state index in [0.29, 0.717) is 13.0 Å². The molecule has 1 atom stereocenters. The minimum atomic E-state index is -0.630. The Hall–Kier alpha value is -1.14. The monoisotopic (exact) mass is 257 g/mol. The minimum Gasteiger partial charge on any atom is -0.370 e. The van der Waals surface area contributed by atoms with Crippen LogP contribution in [0.4, 0.5) is 0 Å². The van der Waals surface area contributed by atoms with Gasteiger partial charge in [0.2, 0.25) is 11.8 Å². The van der Waals surface area contributed by atoms with E-state index < -0.39 is 6.10 Å². The van der Waals surface area contributed by atoms with Gasteiger partial charge >= 0.3 is 0 Å². The number of piperidine rings is 1. The number of carbonyl (C=O) groups is 2. The van der Waals surface area contributed by atoms with Crippen molar-refractivity contribution in [3.8, 4) is 0 Å². The van der Waals surface area contributed by atoms with Crippen LogP contribution in [0.15, 0.2) is 0 Å². The molecule has 0 bridgehead atoms. The highest BCUT2D eigenvalue weighted by Gasteiger charge is 2.18. The summed E-state index contributed by atoms with van der Waals surface area (Å²) in [6.45, 7) is 2.17. The summed E-state index contributed by atoms with van der Waals surface area (Å²) in [6, 6.07) is 0. The molecule has 0 aromatic carbocycles. The third kappa shape index (κ3) is 4.62. The number of ether oxygens (including phenoxy) is 1. The molecule has 1 aliphatic heterocycles. The molecule has 6 heteroatoms. The number of hydrogen-bond donors (Lipinski definition) is 2. The SMILES string of the molecule is COC(CN)C(=O)NCCC(=O)N1CCCCC1. The molecule has 0 saturated carbocycles. The first-order valence-electron chi connectivity index (χ1n) is 6.47. The summed E-state index contributed by atoms with van der Waals surface area (Å²) in [4.78, 5) is 25.2. The standard InChI is InChI=1S/C12H23N3O3/c1-18-10(9-13)12(17)14-6-5-11(16)15-7-3-2-4-8-15/h10H,2-9,13H2,1H3,(H,14,17). The number of methoxy groups -OCH3 is 1. The van der Waals surface area contributed by atoms with Crippen LogP contribution in [0.25, 0.3) is 0 Å². The van der Waals surface area contributed by atoms with Gasteiger partial charge in [-0.25, -0.2) is 0 Å². The average Bonchev–Trinajstić information content (AvgIpc) is 2.41. The number of hydrogen-bond acceptors (Lipinski definition) is 4. The van der Waals surface area contributed by atoms with Crippen molar-refractivity contribution < 1.29 is 14.3 Å². The quantitative estimate of drug-likeness (QED) is 0.670. The van der Waals surface area contributed by atoms with Crippen molar-refractivity contribution in [3.63, 3.8) is 0 Å². The third-order valence-electron chi connectivity index (χ3n) is 3.14. The van der Waals surface area contributed by atoms with Crippen molar-refractivity contribution in [2.45, 2.75) is 31.8 Å². The number of nitrogens with one attached hydrogen (secondary N) is 1. The number of likely N-dealkylation sites (tertiary alicyclic amines) is 1. The van der Waals surface area contributed by atoms with Crippen LogP contribution in [0.5, 0.6) is 0 Å². The summed E-state index contributed by atoms with van der Waals surface area (Å²) in [5.74, 6) is -0.150. The fraction of sp³-hybridized carbons (Fsp3) is 0.833. The molecule has 6 nitrogen and oxygen atoms in total.